The Balaban J connectivity index is 1.51. The summed E-state index contributed by atoms with van der Waals surface area (Å²) in [5.41, 5.74) is 3.11. The van der Waals surface area contributed by atoms with Crippen molar-refractivity contribution in [2.24, 2.45) is 0 Å². The summed E-state index contributed by atoms with van der Waals surface area (Å²) in [6.07, 6.45) is 6.92. The molecule has 4 heterocycles. The summed E-state index contributed by atoms with van der Waals surface area (Å²) >= 11 is 0. The topological polar surface area (TPSA) is 84.9 Å². The molecule has 7 nitrogen and oxygen atoms in total. The van der Waals surface area contributed by atoms with E-state index < -0.39 is 0 Å². The highest BCUT2D eigenvalue weighted by molar-refractivity contribution is 5.60. The van der Waals surface area contributed by atoms with Crippen molar-refractivity contribution < 1.29 is 4.74 Å². The molecule has 0 saturated carbocycles. The van der Waals surface area contributed by atoms with Gasteiger partial charge in [-0.2, -0.15) is 0 Å². The molecule has 0 aliphatic carbocycles. The number of fused-ring (bicyclic) bond motifs is 1. The normalized spacial score (nSPS) is 13.9. The number of nitrogens with one attached hydrogen (secondary N) is 2. The van der Waals surface area contributed by atoms with Gasteiger partial charge in [0.2, 0.25) is 0 Å². The number of pyridine rings is 2. The van der Waals surface area contributed by atoms with Gasteiger partial charge in [-0.1, -0.05) is 0 Å². The molecule has 0 radical (unpaired) electrons. The largest absolute Gasteiger partial charge is 0.487 e. The van der Waals surface area contributed by atoms with Gasteiger partial charge >= 0.3 is 0 Å². The van der Waals surface area contributed by atoms with Gasteiger partial charge in [0.25, 0.3) is 0 Å². The third-order valence-electron chi connectivity index (χ3n) is 4.15. The standard InChI is InChI=1S/C19H20N6O/c1-13(26-15-3-2-6-21-10-15)9-23-19-16-11-22-12-17(16)24-18(25-19)14-4-7-20-8-5-14/h2-8,10,13,22H,9,11-12H2,1H3,(H,23,24,25)/t13-/m1/s1. The maximum Gasteiger partial charge on any atom is 0.161 e. The lowest BCUT2D eigenvalue weighted by molar-refractivity contribution is 0.233. The molecule has 1 atom stereocenters. The van der Waals surface area contributed by atoms with Crippen molar-refractivity contribution in [2.45, 2.75) is 26.1 Å². The molecular weight excluding hydrogens is 328 g/mol. The molecule has 0 spiro atoms. The molecule has 0 saturated heterocycles. The van der Waals surface area contributed by atoms with E-state index in [0.29, 0.717) is 12.4 Å². The van der Waals surface area contributed by atoms with E-state index in [1.54, 1.807) is 24.8 Å². The Morgan fingerprint density at radius 2 is 2.00 bits per heavy atom. The second-order valence-electron chi connectivity index (χ2n) is 6.16. The summed E-state index contributed by atoms with van der Waals surface area (Å²) in [6, 6.07) is 7.60. The van der Waals surface area contributed by atoms with Gasteiger partial charge in [-0.05, 0) is 31.2 Å². The van der Waals surface area contributed by atoms with Gasteiger partial charge in [-0.25, -0.2) is 9.97 Å². The van der Waals surface area contributed by atoms with Crippen molar-refractivity contribution in [1.29, 1.82) is 0 Å². The van der Waals surface area contributed by atoms with Crippen LogP contribution >= 0.6 is 0 Å². The molecule has 1 aliphatic heterocycles. The molecule has 3 aromatic heterocycles. The number of ether oxygens (including phenoxy) is 1. The highest BCUT2D eigenvalue weighted by Crippen LogP contribution is 2.25. The van der Waals surface area contributed by atoms with Crippen LogP contribution in [0.2, 0.25) is 0 Å². The van der Waals surface area contributed by atoms with Crippen LogP contribution in [0.1, 0.15) is 18.2 Å². The van der Waals surface area contributed by atoms with Gasteiger partial charge in [0.1, 0.15) is 17.7 Å². The predicted octanol–water partition coefficient (Wildman–Crippen LogP) is 2.42. The van der Waals surface area contributed by atoms with E-state index in [1.807, 2.05) is 31.2 Å². The van der Waals surface area contributed by atoms with Crippen molar-refractivity contribution in [3.05, 3.63) is 60.3 Å². The second kappa shape index (κ2) is 7.45. The lowest BCUT2D eigenvalue weighted by Crippen LogP contribution is -2.24. The predicted molar refractivity (Wildman–Crippen MR) is 98.6 cm³/mol. The molecular formula is C19H20N6O. The first kappa shape index (κ1) is 16.4. The van der Waals surface area contributed by atoms with Crippen LogP contribution in [0.5, 0.6) is 5.75 Å². The summed E-state index contributed by atoms with van der Waals surface area (Å²) in [7, 11) is 0. The van der Waals surface area contributed by atoms with Crippen LogP contribution in [-0.2, 0) is 13.1 Å². The first-order valence-electron chi connectivity index (χ1n) is 8.61. The number of hydrogen-bond acceptors (Lipinski definition) is 7. The molecule has 3 aromatic rings. The Hall–Kier alpha value is -3.06. The van der Waals surface area contributed by atoms with Gasteiger partial charge in [-0.15, -0.1) is 0 Å². The number of anilines is 1. The highest BCUT2D eigenvalue weighted by Gasteiger charge is 2.20. The minimum absolute atomic E-state index is 0.0245. The van der Waals surface area contributed by atoms with E-state index in [9.17, 15) is 0 Å². The molecule has 26 heavy (non-hydrogen) atoms. The lowest BCUT2D eigenvalue weighted by atomic mass is 10.2. The van der Waals surface area contributed by atoms with E-state index in [0.717, 1.165) is 41.5 Å². The minimum atomic E-state index is -0.0245. The van der Waals surface area contributed by atoms with Gasteiger partial charge < -0.3 is 15.4 Å². The first-order valence-corrected chi connectivity index (χ1v) is 8.61. The maximum absolute atomic E-state index is 5.88. The Morgan fingerprint density at radius 3 is 2.81 bits per heavy atom. The van der Waals surface area contributed by atoms with Gasteiger partial charge in [-0.3, -0.25) is 9.97 Å². The van der Waals surface area contributed by atoms with E-state index in [1.165, 1.54) is 0 Å². The average Bonchev–Trinajstić information content (AvgIpc) is 3.16. The number of aromatic nitrogens is 4. The molecule has 0 bridgehead atoms. The van der Waals surface area contributed by atoms with E-state index in [-0.39, 0.29) is 6.10 Å². The molecule has 7 heteroatoms. The average molecular weight is 348 g/mol. The molecule has 0 amide bonds. The number of hydrogen-bond donors (Lipinski definition) is 2. The highest BCUT2D eigenvalue weighted by atomic mass is 16.5. The Morgan fingerprint density at radius 1 is 1.12 bits per heavy atom. The molecule has 2 N–H and O–H groups in total. The summed E-state index contributed by atoms with van der Waals surface area (Å²) in [6.45, 7) is 4.18. The lowest BCUT2D eigenvalue weighted by Gasteiger charge is -2.17. The molecule has 0 fully saturated rings. The van der Waals surface area contributed by atoms with E-state index >= 15 is 0 Å². The zero-order chi connectivity index (χ0) is 17.8. The van der Waals surface area contributed by atoms with Crippen LogP contribution < -0.4 is 15.4 Å². The smallest absolute Gasteiger partial charge is 0.161 e. The third kappa shape index (κ3) is 3.62. The Labute approximate surface area is 151 Å². The second-order valence-corrected chi connectivity index (χ2v) is 6.16. The zero-order valence-electron chi connectivity index (χ0n) is 14.5. The molecule has 132 valence electrons. The van der Waals surface area contributed by atoms with Crippen LogP contribution in [0.25, 0.3) is 11.4 Å². The zero-order valence-corrected chi connectivity index (χ0v) is 14.5. The van der Waals surface area contributed by atoms with Crippen molar-refractivity contribution >= 4 is 5.82 Å². The van der Waals surface area contributed by atoms with Crippen LogP contribution in [0.3, 0.4) is 0 Å². The fourth-order valence-corrected chi connectivity index (χ4v) is 2.88. The van der Waals surface area contributed by atoms with Crippen LogP contribution in [0, 0.1) is 0 Å². The summed E-state index contributed by atoms with van der Waals surface area (Å²) in [5.74, 6) is 2.32. The van der Waals surface area contributed by atoms with Crippen LogP contribution in [0.4, 0.5) is 5.82 Å². The van der Waals surface area contributed by atoms with E-state index in [4.69, 9.17) is 14.7 Å². The van der Waals surface area contributed by atoms with Crippen LogP contribution in [-0.4, -0.2) is 32.6 Å². The number of rotatable bonds is 6. The minimum Gasteiger partial charge on any atom is -0.487 e. The van der Waals surface area contributed by atoms with Crippen molar-refractivity contribution in [2.75, 3.05) is 11.9 Å². The monoisotopic (exact) mass is 348 g/mol. The van der Waals surface area contributed by atoms with Gasteiger partial charge in [0.05, 0.1) is 18.4 Å². The van der Waals surface area contributed by atoms with Crippen LogP contribution in [0.15, 0.2) is 49.1 Å². The van der Waals surface area contributed by atoms with Gasteiger partial charge in [0, 0.05) is 42.8 Å². The quantitative estimate of drug-likeness (QED) is 0.707. The Kier molecular flexibility index (Phi) is 4.70. The molecule has 1 aliphatic rings. The summed E-state index contributed by atoms with van der Waals surface area (Å²) in [4.78, 5) is 17.6. The molecule has 0 aromatic carbocycles. The van der Waals surface area contributed by atoms with Crippen molar-refractivity contribution in [3.8, 4) is 17.1 Å². The molecule has 4 rings (SSSR count). The van der Waals surface area contributed by atoms with Gasteiger partial charge in [0.15, 0.2) is 5.82 Å². The fraction of sp³-hybridized carbons (Fsp3) is 0.263. The maximum atomic E-state index is 5.88. The van der Waals surface area contributed by atoms with Crippen molar-refractivity contribution in [1.82, 2.24) is 25.3 Å². The van der Waals surface area contributed by atoms with E-state index in [2.05, 4.69) is 20.6 Å². The first-order chi connectivity index (χ1) is 12.8. The molecule has 0 unspecified atom stereocenters. The number of nitrogens with zero attached hydrogens (tertiary/aromatic N) is 4. The Bertz CT molecular complexity index is 872. The summed E-state index contributed by atoms with van der Waals surface area (Å²) < 4.78 is 5.88. The third-order valence-corrected chi connectivity index (χ3v) is 4.15. The summed E-state index contributed by atoms with van der Waals surface area (Å²) in [5, 5.41) is 6.76. The fourth-order valence-electron chi connectivity index (χ4n) is 2.88. The van der Waals surface area contributed by atoms with Crippen molar-refractivity contribution in [3.63, 3.8) is 0 Å². The SMILES string of the molecule is C[C@H](CNc1nc(-c2ccncc2)nc2c1CNC2)Oc1cccnc1.